The number of fused-ring (bicyclic) bond motifs is 1. The lowest BCUT2D eigenvalue weighted by atomic mass is 9.92. The van der Waals surface area contributed by atoms with Gasteiger partial charge in [-0.1, -0.05) is 78.9 Å². The van der Waals surface area contributed by atoms with Gasteiger partial charge in [0, 0.05) is 0 Å². The van der Waals surface area contributed by atoms with E-state index in [4.69, 9.17) is 26.4 Å². The van der Waals surface area contributed by atoms with Crippen LogP contribution in [0.2, 0.25) is 0 Å². The molecule has 6 nitrogen and oxygen atoms in total. The van der Waals surface area contributed by atoms with Crippen molar-refractivity contribution in [2.75, 3.05) is 14.2 Å². The van der Waals surface area contributed by atoms with E-state index in [1.165, 1.54) is 7.11 Å². The topological polar surface area (TPSA) is 68.8 Å². The van der Waals surface area contributed by atoms with Crippen molar-refractivity contribution < 1.29 is 19.0 Å². The summed E-state index contributed by atoms with van der Waals surface area (Å²) in [6, 6.07) is 29.0. The van der Waals surface area contributed by atoms with Gasteiger partial charge in [0.05, 0.1) is 31.5 Å². The number of hydrogen-bond acceptors (Lipinski definition) is 5. The molecular weight excluding hydrogens is 484 g/mol. The van der Waals surface area contributed by atoms with Crippen molar-refractivity contribution in [3.05, 3.63) is 113 Å². The first-order chi connectivity index (χ1) is 18.1. The fraction of sp³-hybridized carbons (Fsp3) is 0.133. The van der Waals surface area contributed by atoms with Crippen molar-refractivity contribution in [3.8, 4) is 11.5 Å². The quantitative estimate of drug-likeness (QED) is 0.250. The number of rotatable bonds is 7. The predicted molar refractivity (Wildman–Crippen MR) is 148 cm³/mol. The molecule has 1 aliphatic rings. The van der Waals surface area contributed by atoms with Gasteiger partial charge in [0.1, 0.15) is 6.61 Å². The number of ether oxygens (including phenoxy) is 3. The van der Waals surface area contributed by atoms with Crippen molar-refractivity contribution in [2.24, 2.45) is 0 Å². The Labute approximate surface area is 220 Å². The third-order valence-electron chi connectivity index (χ3n) is 6.32. The van der Waals surface area contributed by atoms with Gasteiger partial charge in [0.2, 0.25) is 0 Å². The molecule has 1 atom stereocenters. The largest absolute Gasteiger partial charge is 0.493 e. The Morgan fingerprint density at radius 1 is 0.892 bits per heavy atom. The Morgan fingerprint density at radius 3 is 2.43 bits per heavy atom. The molecule has 0 aliphatic carbocycles. The highest BCUT2D eigenvalue weighted by molar-refractivity contribution is 7.80. The zero-order chi connectivity index (χ0) is 25.8. The fourth-order valence-corrected chi connectivity index (χ4v) is 4.75. The molecule has 0 amide bonds. The lowest BCUT2D eigenvalue weighted by molar-refractivity contribution is -0.136. The molecule has 0 bridgehead atoms. The van der Waals surface area contributed by atoms with Crippen LogP contribution >= 0.6 is 12.2 Å². The van der Waals surface area contributed by atoms with Crippen LogP contribution in [-0.4, -0.2) is 25.3 Å². The average molecular weight is 511 g/mol. The number of hydrogen-bond donors (Lipinski definition) is 2. The SMILES string of the molecule is COC(=O)C1=C(c2ccccc2)NC(=S)N[C@H]1c1ccc(OCc2cccc3ccccc23)c(OC)c1. The highest BCUT2D eigenvalue weighted by Gasteiger charge is 2.33. The van der Waals surface area contributed by atoms with Gasteiger partial charge >= 0.3 is 5.97 Å². The number of nitrogens with one attached hydrogen (secondary N) is 2. The van der Waals surface area contributed by atoms with Gasteiger partial charge in [0.15, 0.2) is 16.6 Å². The van der Waals surface area contributed by atoms with Gasteiger partial charge in [-0.2, -0.15) is 0 Å². The summed E-state index contributed by atoms with van der Waals surface area (Å²) in [5.41, 5.74) is 3.73. The Morgan fingerprint density at radius 2 is 1.65 bits per heavy atom. The summed E-state index contributed by atoms with van der Waals surface area (Å²) in [5, 5.41) is 9.06. The number of benzene rings is 4. The second kappa shape index (κ2) is 10.7. The van der Waals surface area contributed by atoms with Gasteiger partial charge in [0.25, 0.3) is 0 Å². The summed E-state index contributed by atoms with van der Waals surface area (Å²) in [6.45, 7) is 0.387. The molecule has 0 saturated heterocycles. The van der Waals surface area contributed by atoms with Crippen LogP contribution in [0, 0.1) is 0 Å². The summed E-state index contributed by atoms with van der Waals surface area (Å²) in [4.78, 5) is 13.0. The molecule has 37 heavy (non-hydrogen) atoms. The molecule has 0 aromatic heterocycles. The van der Waals surface area contributed by atoms with Crippen LogP contribution in [0.15, 0.2) is 96.6 Å². The second-order valence-corrected chi connectivity index (χ2v) is 8.92. The minimum atomic E-state index is -0.544. The molecule has 5 rings (SSSR count). The monoisotopic (exact) mass is 510 g/mol. The van der Waals surface area contributed by atoms with Crippen LogP contribution < -0.4 is 20.1 Å². The van der Waals surface area contributed by atoms with E-state index in [9.17, 15) is 4.79 Å². The van der Waals surface area contributed by atoms with Crippen molar-refractivity contribution in [2.45, 2.75) is 12.6 Å². The van der Waals surface area contributed by atoms with Crippen LogP contribution in [-0.2, 0) is 16.1 Å². The maximum absolute atomic E-state index is 13.0. The molecule has 0 fully saturated rings. The number of thiocarbonyl (C=S) groups is 1. The zero-order valence-corrected chi connectivity index (χ0v) is 21.3. The van der Waals surface area contributed by atoms with Crippen LogP contribution in [0.4, 0.5) is 0 Å². The van der Waals surface area contributed by atoms with E-state index in [2.05, 4.69) is 34.9 Å². The van der Waals surface area contributed by atoms with Crippen LogP contribution in [0.1, 0.15) is 22.7 Å². The maximum atomic E-state index is 13.0. The highest BCUT2D eigenvalue weighted by Crippen LogP contribution is 2.37. The first-order valence-electron chi connectivity index (χ1n) is 11.8. The lowest BCUT2D eigenvalue weighted by Gasteiger charge is -2.31. The standard InChI is InChI=1S/C30H26N2O4S/c1-34-25-17-21(15-16-24(25)36-18-22-13-8-12-19-9-6-7-14-23(19)22)28-26(29(33)35-2)27(31-30(37)32-28)20-10-4-3-5-11-20/h3-17,28H,18H2,1-2H3,(H2,31,32,37)/t28-/m0/s1. The second-order valence-electron chi connectivity index (χ2n) is 8.52. The van der Waals surface area contributed by atoms with E-state index in [0.29, 0.717) is 34.5 Å². The normalized spacial score (nSPS) is 15.1. The lowest BCUT2D eigenvalue weighted by Crippen LogP contribution is -2.45. The van der Waals surface area contributed by atoms with Crippen molar-refractivity contribution in [1.29, 1.82) is 0 Å². The molecule has 1 aliphatic heterocycles. The Bertz CT molecular complexity index is 1500. The van der Waals surface area contributed by atoms with E-state index in [1.807, 2.05) is 66.7 Å². The Hall–Kier alpha value is -4.36. The third-order valence-corrected chi connectivity index (χ3v) is 6.54. The van der Waals surface area contributed by atoms with E-state index in [-0.39, 0.29) is 0 Å². The summed E-state index contributed by atoms with van der Waals surface area (Å²) in [5.74, 6) is 0.693. The average Bonchev–Trinajstić information content (AvgIpc) is 2.95. The van der Waals surface area contributed by atoms with Gasteiger partial charge < -0.3 is 24.8 Å². The number of carbonyl (C=O) groups is 1. The van der Waals surface area contributed by atoms with E-state index in [1.54, 1.807) is 7.11 Å². The molecule has 1 heterocycles. The molecule has 0 spiro atoms. The minimum Gasteiger partial charge on any atom is -0.493 e. The van der Waals surface area contributed by atoms with Crippen LogP contribution in [0.3, 0.4) is 0 Å². The summed E-state index contributed by atoms with van der Waals surface area (Å²) < 4.78 is 17.0. The van der Waals surface area contributed by atoms with Crippen LogP contribution in [0.25, 0.3) is 16.5 Å². The molecule has 2 N–H and O–H groups in total. The van der Waals surface area contributed by atoms with E-state index in [0.717, 1.165) is 27.5 Å². The number of methoxy groups -OCH3 is 2. The van der Waals surface area contributed by atoms with Crippen molar-refractivity contribution in [3.63, 3.8) is 0 Å². The Balaban J connectivity index is 1.49. The van der Waals surface area contributed by atoms with Gasteiger partial charge in [-0.05, 0) is 51.8 Å². The molecule has 4 aromatic carbocycles. The number of carbonyl (C=O) groups excluding carboxylic acids is 1. The summed E-state index contributed by atoms with van der Waals surface area (Å²) >= 11 is 5.49. The summed E-state index contributed by atoms with van der Waals surface area (Å²) in [6.07, 6.45) is 0. The summed E-state index contributed by atoms with van der Waals surface area (Å²) in [7, 11) is 2.96. The first-order valence-corrected chi connectivity index (χ1v) is 12.2. The van der Waals surface area contributed by atoms with E-state index >= 15 is 0 Å². The van der Waals surface area contributed by atoms with Gasteiger partial charge in [-0.15, -0.1) is 0 Å². The molecular formula is C30H26N2O4S. The van der Waals surface area contributed by atoms with E-state index < -0.39 is 12.0 Å². The van der Waals surface area contributed by atoms with Gasteiger partial charge in [-0.3, -0.25) is 0 Å². The predicted octanol–water partition coefficient (Wildman–Crippen LogP) is 5.53. The fourth-order valence-electron chi connectivity index (χ4n) is 4.53. The number of esters is 1. The van der Waals surface area contributed by atoms with Gasteiger partial charge in [-0.25, -0.2) is 4.79 Å². The molecule has 4 aromatic rings. The molecule has 0 saturated carbocycles. The molecule has 0 radical (unpaired) electrons. The van der Waals surface area contributed by atoms with Crippen molar-refractivity contribution >= 4 is 39.8 Å². The smallest absolute Gasteiger partial charge is 0.338 e. The Kier molecular flexibility index (Phi) is 7.05. The van der Waals surface area contributed by atoms with Crippen molar-refractivity contribution in [1.82, 2.24) is 10.6 Å². The first kappa shape index (κ1) is 24.3. The third kappa shape index (κ3) is 4.99. The molecule has 186 valence electrons. The highest BCUT2D eigenvalue weighted by atomic mass is 32.1. The maximum Gasteiger partial charge on any atom is 0.338 e. The molecule has 0 unspecified atom stereocenters. The van der Waals surface area contributed by atoms with Crippen LogP contribution in [0.5, 0.6) is 11.5 Å². The molecule has 7 heteroatoms. The minimum absolute atomic E-state index is 0.387. The zero-order valence-electron chi connectivity index (χ0n) is 20.5.